The molecule has 0 spiro atoms. The third-order valence-electron chi connectivity index (χ3n) is 2.89. The zero-order valence-electron chi connectivity index (χ0n) is 11.2. The van der Waals surface area contributed by atoms with Crippen LogP contribution in [-0.2, 0) is 7.05 Å². The first-order valence-corrected chi connectivity index (χ1v) is 5.76. The molecule has 0 aliphatic rings. The van der Waals surface area contributed by atoms with Gasteiger partial charge in [-0.15, -0.1) is 0 Å². The molecule has 0 N–H and O–H groups in total. The molecule has 0 fully saturated rings. The highest BCUT2D eigenvalue weighted by Crippen LogP contribution is 2.23. The van der Waals surface area contributed by atoms with Crippen LogP contribution in [0.5, 0.6) is 0 Å². The Bertz CT molecular complexity index is 397. The Balaban J connectivity index is 2.81. The van der Waals surface area contributed by atoms with Crippen LogP contribution in [0, 0.1) is 19.3 Å². The maximum atomic E-state index is 12.1. The predicted molar refractivity (Wildman–Crippen MR) is 65.7 cm³/mol. The lowest BCUT2D eigenvalue weighted by atomic mass is 9.88. The smallest absolute Gasteiger partial charge is 0.166 e. The number of aryl methyl sites for hydroxylation is 2. The maximum absolute atomic E-state index is 12.1. The fraction of sp³-hybridized carbons (Fsp3) is 0.692. The zero-order chi connectivity index (χ0) is 12.5. The van der Waals surface area contributed by atoms with Crippen molar-refractivity contribution in [2.75, 3.05) is 0 Å². The molecule has 3 heteroatoms. The minimum absolute atomic E-state index is 0.208. The molecule has 0 amide bonds. The summed E-state index contributed by atoms with van der Waals surface area (Å²) in [5.41, 5.74) is 2.83. The number of rotatable bonds is 3. The Morgan fingerprint density at radius 3 is 2.25 bits per heavy atom. The fourth-order valence-corrected chi connectivity index (χ4v) is 1.79. The molecule has 0 aliphatic carbocycles. The summed E-state index contributed by atoms with van der Waals surface area (Å²) in [6.45, 7) is 10.3. The molecule has 1 aromatic rings. The first-order chi connectivity index (χ1) is 7.22. The Labute approximate surface area is 97.8 Å². The van der Waals surface area contributed by atoms with Crippen LogP contribution in [0.25, 0.3) is 0 Å². The number of hydrogen-bond donors (Lipinski definition) is 0. The minimum atomic E-state index is 0.208. The van der Waals surface area contributed by atoms with Crippen LogP contribution < -0.4 is 0 Å². The molecule has 1 aromatic heterocycles. The molecule has 1 rings (SSSR count). The summed E-state index contributed by atoms with van der Waals surface area (Å²) in [7, 11) is 1.88. The SMILES string of the molecule is Cc1nn(C)c(C)c1C(=O)CCC(C)(C)C. The molecule has 0 saturated heterocycles. The third-order valence-corrected chi connectivity index (χ3v) is 2.89. The van der Waals surface area contributed by atoms with E-state index >= 15 is 0 Å². The van der Waals surface area contributed by atoms with Crippen molar-refractivity contribution in [1.29, 1.82) is 0 Å². The van der Waals surface area contributed by atoms with Gasteiger partial charge in [0, 0.05) is 19.2 Å². The van der Waals surface area contributed by atoms with E-state index in [1.165, 1.54) is 0 Å². The van der Waals surface area contributed by atoms with Gasteiger partial charge >= 0.3 is 0 Å². The Kier molecular flexibility index (Phi) is 3.56. The highest BCUT2D eigenvalue weighted by molar-refractivity contribution is 5.98. The number of carbonyl (C=O) groups excluding carboxylic acids is 1. The molecule has 0 aromatic carbocycles. The van der Waals surface area contributed by atoms with E-state index < -0.39 is 0 Å². The number of carbonyl (C=O) groups is 1. The van der Waals surface area contributed by atoms with Crippen molar-refractivity contribution in [3.05, 3.63) is 17.0 Å². The lowest BCUT2D eigenvalue weighted by molar-refractivity contribution is 0.0964. The number of ketones is 1. The summed E-state index contributed by atoms with van der Waals surface area (Å²) in [6.07, 6.45) is 1.52. The van der Waals surface area contributed by atoms with E-state index in [1.54, 1.807) is 4.68 Å². The second-order valence-corrected chi connectivity index (χ2v) is 5.65. The molecular weight excluding hydrogens is 200 g/mol. The normalized spacial score (nSPS) is 11.9. The van der Waals surface area contributed by atoms with Crippen molar-refractivity contribution in [2.45, 2.75) is 47.5 Å². The highest BCUT2D eigenvalue weighted by Gasteiger charge is 2.19. The molecular formula is C13H22N2O. The summed E-state index contributed by atoms with van der Waals surface area (Å²) in [5.74, 6) is 0.220. The van der Waals surface area contributed by atoms with Gasteiger partial charge in [0.2, 0.25) is 0 Å². The van der Waals surface area contributed by atoms with Gasteiger partial charge in [0.05, 0.1) is 11.3 Å². The maximum Gasteiger partial charge on any atom is 0.166 e. The molecule has 0 aliphatic heterocycles. The topological polar surface area (TPSA) is 34.9 Å². The zero-order valence-corrected chi connectivity index (χ0v) is 11.2. The van der Waals surface area contributed by atoms with Crippen molar-refractivity contribution in [3.63, 3.8) is 0 Å². The van der Waals surface area contributed by atoms with Crippen molar-refractivity contribution < 1.29 is 4.79 Å². The van der Waals surface area contributed by atoms with Crippen LogP contribution in [0.2, 0.25) is 0 Å². The van der Waals surface area contributed by atoms with Gasteiger partial charge in [0.15, 0.2) is 5.78 Å². The van der Waals surface area contributed by atoms with Crippen LogP contribution in [-0.4, -0.2) is 15.6 Å². The largest absolute Gasteiger partial charge is 0.294 e. The van der Waals surface area contributed by atoms with Gasteiger partial charge in [-0.1, -0.05) is 20.8 Å². The molecule has 0 unspecified atom stereocenters. The Morgan fingerprint density at radius 1 is 1.31 bits per heavy atom. The van der Waals surface area contributed by atoms with Gasteiger partial charge < -0.3 is 0 Å². The van der Waals surface area contributed by atoms with Crippen molar-refractivity contribution in [3.8, 4) is 0 Å². The van der Waals surface area contributed by atoms with Crippen LogP contribution in [0.4, 0.5) is 0 Å². The third kappa shape index (κ3) is 2.94. The molecule has 0 bridgehead atoms. The van der Waals surface area contributed by atoms with Crippen LogP contribution in [0.1, 0.15) is 55.4 Å². The number of hydrogen-bond acceptors (Lipinski definition) is 2. The summed E-state index contributed by atoms with van der Waals surface area (Å²) in [6, 6.07) is 0. The molecule has 0 atom stereocenters. The molecule has 0 saturated carbocycles. The van der Waals surface area contributed by atoms with Gasteiger partial charge in [-0.2, -0.15) is 5.10 Å². The minimum Gasteiger partial charge on any atom is -0.294 e. The van der Waals surface area contributed by atoms with Crippen molar-refractivity contribution >= 4 is 5.78 Å². The lowest BCUT2D eigenvalue weighted by Crippen LogP contribution is -2.10. The summed E-state index contributed by atoms with van der Waals surface area (Å²) in [5, 5.41) is 4.27. The number of nitrogens with zero attached hydrogens (tertiary/aromatic N) is 2. The summed E-state index contributed by atoms with van der Waals surface area (Å²) < 4.78 is 1.78. The van der Waals surface area contributed by atoms with E-state index in [0.29, 0.717) is 6.42 Å². The monoisotopic (exact) mass is 222 g/mol. The van der Waals surface area contributed by atoms with E-state index in [1.807, 2.05) is 20.9 Å². The van der Waals surface area contributed by atoms with Crippen LogP contribution >= 0.6 is 0 Å². The molecule has 1 heterocycles. The number of Topliss-reactive ketones (excluding diaryl/α,β-unsaturated/α-hetero) is 1. The molecule has 3 nitrogen and oxygen atoms in total. The Hall–Kier alpha value is -1.12. The van der Waals surface area contributed by atoms with E-state index in [4.69, 9.17) is 0 Å². The fourth-order valence-electron chi connectivity index (χ4n) is 1.79. The first kappa shape index (κ1) is 12.9. The van der Waals surface area contributed by atoms with E-state index in [2.05, 4.69) is 25.9 Å². The van der Waals surface area contributed by atoms with Gasteiger partial charge in [-0.25, -0.2) is 0 Å². The van der Waals surface area contributed by atoms with Gasteiger partial charge in [0.1, 0.15) is 0 Å². The van der Waals surface area contributed by atoms with Gasteiger partial charge in [0.25, 0.3) is 0 Å². The summed E-state index contributed by atoms with van der Waals surface area (Å²) >= 11 is 0. The second kappa shape index (κ2) is 4.40. The van der Waals surface area contributed by atoms with Crippen molar-refractivity contribution in [2.24, 2.45) is 12.5 Å². The predicted octanol–water partition coefficient (Wildman–Crippen LogP) is 3.05. The van der Waals surface area contributed by atoms with Gasteiger partial charge in [-0.05, 0) is 25.7 Å². The number of aromatic nitrogens is 2. The first-order valence-electron chi connectivity index (χ1n) is 5.76. The highest BCUT2D eigenvalue weighted by atomic mass is 16.1. The Morgan fingerprint density at radius 2 is 1.88 bits per heavy atom. The summed E-state index contributed by atoms with van der Waals surface area (Å²) in [4.78, 5) is 12.1. The van der Waals surface area contributed by atoms with E-state index in [9.17, 15) is 4.79 Å². The van der Waals surface area contributed by atoms with Gasteiger partial charge in [-0.3, -0.25) is 9.48 Å². The average molecular weight is 222 g/mol. The second-order valence-electron chi connectivity index (χ2n) is 5.65. The van der Waals surface area contributed by atoms with Crippen LogP contribution in [0.15, 0.2) is 0 Å². The molecule has 16 heavy (non-hydrogen) atoms. The standard InChI is InChI=1S/C13H22N2O/c1-9-12(10(2)15(6)14-9)11(16)7-8-13(3,4)5/h7-8H2,1-6H3. The van der Waals surface area contributed by atoms with Crippen LogP contribution in [0.3, 0.4) is 0 Å². The van der Waals surface area contributed by atoms with Crippen molar-refractivity contribution in [1.82, 2.24) is 9.78 Å². The van der Waals surface area contributed by atoms with E-state index in [-0.39, 0.29) is 11.2 Å². The van der Waals surface area contributed by atoms with E-state index in [0.717, 1.165) is 23.4 Å². The average Bonchev–Trinajstić information content (AvgIpc) is 2.36. The lowest BCUT2D eigenvalue weighted by Gasteiger charge is -2.17. The quantitative estimate of drug-likeness (QED) is 0.737. The molecule has 90 valence electrons. The molecule has 0 radical (unpaired) electrons.